The molecular weight excluding hydrogens is 206 g/mol. The lowest BCUT2D eigenvalue weighted by Crippen LogP contribution is -2.45. The van der Waals surface area contributed by atoms with E-state index in [4.69, 9.17) is 6.42 Å². The van der Waals surface area contributed by atoms with Crippen molar-refractivity contribution >= 4 is 0 Å². The predicted octanol–water partition coefficient (Wildman–Crippen LogP) is 2.28. The van der Waals surface area contributed by atoms with Crippen LogP contribution in [0.3, 0.4) is 0 Å². The van der Waals surface area contributed by atoms with Crippen molar-refractivity contribution < 1.29 is 4.48 Å². The molecule has 17 heavy (non-hydrogen) atoms. The van der Waals surface area contributed by atoms with Crippen molar-refractivity contribution in [2.75, 3.05) is 26.2 Å². The van der Waals surface area contributed by atoms with Gasteiger partial charge < -0.3 is 4.48 Å². The lowest BCUT2D eigenvalue weighted by molar-refractivity contribution is -0.903. The van der Waals surface area contributed by atoms with Gasteiger partial charge in [-0.05, 0) is 24.0 Å². The average Bonchev–Trinajstić information content (AvgIpc) is 2.80. The van der Waals surface area contributed by atoms with Crippen LogP contribution in [0.25, 0.3) is 0 Å². The van der Waals surface area contributed by atoms with E-state index < -0.39 is 0 Å². The molecule has 0 spiro atoms. The van der Waals surface area contributed by atoms with Crippen LogP contribution in [0, 0.1) is 24.2 Å². The first-order valence-corrected chi connectivity index (χ1v) is 6.17. The zero-order valence-electron chi connectivity index (χ0n) is 10.2. The highest BCUT2D eigenvalue weighted by Crippen LogP contribution is 2.17. The first kappa shape index (κ1) is 11.8. The number of rotatable bonds is 2. The monoisotopic (exact) mass is 224 g/mol. The van der Waals surface area contributed by atoms with Gasteiger partial charge in [-0.1, -0.05) is 24.1 Å². The molecule has 1 aromatic rings. The summed E-state index contributed by atoms with van der Waals surface area (Å²) in [6.45, 7) is 4.09. The second-order valence-electron chi connectivity index (χ2n) is 4.68. The zero-order valence-corrected chi connectivity index (χ0v) is 10.2. The van der Waals surface area contributed by atoms with E-state index in [9.17, 15) is 0 Å². The summed E-state index contributed by atoms with van der Waals surface area (Å²) in [7, 11) is 0. The standard InChI is InChI=1S/C16H18N/c1-2-12-17(13-6-7-14-17)15-8-11-16-9-4-3-5-10-16/h1,3-5,9-10H,6-7,12-15H2/q+1. The smallest absolute Gasteiger partial charge is 0.142 e. The Hall–Kier alpha value is -1.70. The van der Waals surface area contributed by atoms with Gasteiger partial charge in [0.25, 0.3) is 0 Å². The molecule has 1 saturated heterocycles. The predicted molar refractivity (Wildman–Crippen MR) is 71.1 cm³/mol. The zero-order chi connectivity index (χ0) is 12.0. The van der Waals surface area contributed by atoms with E-state index >= 15 is 0 Å². The summed E-state index contributed by atoms with van der Waals surface area (Å²) in [6.07, 6.45) is 8.04. The van der Waals surface area contributed by atoms with Gasteiger partial charge in [-0.2, -0.15) is 0 Å². The molecule has 0 saturated carbocycles. The Morgan fingerprint density at radius 1 is 1.06 bits per heavy atom. The Labute approximate surface area is 104 Å². The first-order chi connectivity index (χ1) is 8.35. The summed E-state index contributed by atoms with van der Waals surface area (Å²) < 4.78 is 0.996. The number of terminal acetylenes is 1. The number of nitrogens with zero attached hydrogens (tertiary/aromatic N) is 1. The second kappa shape index (κ2) is 5.58. The lowest BCUT2D eigenvalue weighted by Gasteiger charge is -2.29. The number of hydrogen-bond donors (Lipinski definition) is 0. The number of hydrogen-bond acceptors (Lipinski definition) is 0. The van der Waals surface area contributed by atoms with E-state index in [-0.39, 0.29) is 0 Å². The van der Waals surface area contributed by atoms with Crippen molar-refractivity contribution in [3.8, 4) is 24.2 Å². The molecule has 0 bridgehead atoms. The summed E-state index contributed by atoms with van der Waals surface area (Å²) in [4.78, 5) is 0. The Bertz CT molecular complexity index is 450. The molecular formula is C16H18N+. The Morgan fingerprint density at radius 3 is 2.41 bits per heavy atom. The summed E-state index contributed by atoms with van der Waals surface area (Å²) >= 11 is 0. The highest BCUT2D eigenvalue weighted by molar-refractivity contribution is 5.33. The van der Waals surface area contributed by atoms with Gasteiger partial charge in [0, 0.05) is 18.4 Å². The molecule has 2 rings (SSSR count). The van der Waals surface area contributed by atoms with Gasteiger partial charge in [0.15, 0.2) is 0 Å². The first-order valence-electron chi connectivity index (χ1n) is 6.17. The van der Waals surface area contributed by atoms with E-state index in [0.717, 1.165) is 23.1 Å². The fourth-order valence-corrected chi connectivity index (χ4v) is 2.40. The minimum atomic E-state index is 0.823. The van der Waals surface area contributed by atoms with E-state index in [0.29, 0.717) is 0 Å². The largest absolute Gasteiger partial charge is 0.303 e. The molecule has 1 fully saturated rings. The Kier molecular flexibility index (Phi) is 3.86. The van der Waals surface area contributed by atoms with E-state index in [2.05, 4.69) is 17.8 Å². The third-order valence-electron chi connectivity index (χ3n) is 3.36. The fourth-order valence-electron chi connectivity index (χ4n) is 2.40. The summed E-state index contributed by atoms with van der Waals surface area (Å²) in [5.74, 6) is 9.32. The third-order valence-corrected chi connectivity index (χ3v) is 3.36. The molecule has 86 valence electrons. The molecule has 0 amide bonds. The minimum Gasteiger partial charge on any atom is -0.303 e. The van der Waals surface area contributed by atoms with Crippen LogP contribution in [0.4, 0.5) is 0 Å². The van der Waals surface area contributed by atoms with Crippen molar-refractivity contribution in [1.82, 2.24) is 0 Å². The molecule has 0 radical (unpaired) electrons. The normalized spacial score (nSPS) is 16.9. The van der Waals surface area contributed by atoms with Crippen molar-refractivity contribution in [1.29, 1.82) is 0 Å². The summed E-state index contributed by atoms with van der Waals surface area (Å²) in [5.41, 5.74) is 1.09. The molecule has 0 aromatic heterocycles. The van der Waals surface area contributed by atoms with Crippen LogP contribution < -0.4 is 0 Å². The van der Waals surface area contributed by atoms with Gasteiger partial charge in [0.05, 0.1) is 13.1 Å². The second-order valence-corrected chi connectivity index (χ2v) is 4.68. The van der Waals surface area contributed by atoms with Gasteiger partial charge in [-0.25, -0.2) is 0 Å². The minimum absolute atomic E-state index is 0.823. The van der Waals surface area contributed by atoms with Crippen LogP contribution in [0.15, 0.2) is 30.3 Å². The molecule has 1 aliphatic rings. The van der Waals surface area contributed by atoms with Crippen molar-refractivity contribution in [2.24, 2.45) is 0 Å². The quantitative estimate of drug-likeness (QED) is 0.534. The maximum atomic E-state index is 5.46. The molecule has 1 aromatic carbocycles. The molecule has 0 unspecified atom stereocenters. The van der Waals surface area contributed by atoms with E-state index in [1.165, 1.54) is 25.9 Å². The summed E-state index contributed by atoms with van der Waals surface area (Å²) in [5, 5.41) is 0. The van der Waals surface area contributed by atoms with Gasteiger partial charge in [-0.3, -0.25) is 0 Å². The van der Waals surface area contributed by atoms with Gasteiger partial charge in [0.1, 0.15) is 13.1 Å². The van der Waals surface area contributed by atoms with Gasteiger partial charge in [-0.15, -0.1) is 6.42 Å². The van der Waals surface area contributed by atoms with Crippen LogP contribution in [-0.2, 0) is 0 Å². The van der Waals surface area contributed by atoms with E-state index in [1.807, 2.05) is 30.3 Å². The molecule has 1 nitrogen and oxygen atoms in total. The van der Waals surface area contributed by atoms with Crippen molar-refractivity contribution in [2.45, 2.75) is 12.8 Å². The number of quaternary nitrogens is 1. The maximum absolute atomic E-state index is 5.46. The Morgan fingerprint density at radius 2 is 1.76 bits per heavy atom. The average molecular weight is 224 g/mol. The highest BCUT2D eigenvalue weighted by atomic mass is 15.4. The highest BCUT2D eigenvalue weighted by Gasteiger charge is 2.29. The third kappa shape index (κ3) is 3.13. The Balaban J connectivity index is 2.01. The lowest BCUT2D eigenvalue weighted by atomic mass is 10.2. The van der Waals surface area contributed by atoms with Crippen molar-refractivity contribution in [3.63, 3.8) is 0 Å². The van der Waals surface area contributed by atoms with Gasteiger partial charge >= 0.3 is 0 Å². The van der Waals surface area contributed by atoms with E-state index in [1.54, 1.807) is 0 Å². The molecule has 1 heteroatoms. The van der Waals surface area contributed by atoms with Gasteiger partial charge in [0.2, 0.25) is 0 Å². The van der Waals surface area contributed by atoms with Crippen molar-refractivity contribution in [3.05, 3.63) is 35.9 Å². The van der Waals surface area contributed by atoms with Crippen LogP contribution in [0.5, 0.6) is 0 Å². The fraction of sp³-hybridized carbons (Fsp3) is 0.375. The topological polar surface area (TPSA) is 0 Å². The van der Waals surface area contributed by atoms with Crippen LogP contribution in [0.1, 0.15) is 18.4 Å². The molecule has 1 heterocycles. The van der Waals surface area contributed by atoms with Crippen LogP contribution in [-0.4, -0.2) is 30.7 Å². The number of benzene rings is 1. The van der Waals surface area contributed by atoms with Crippen LogP contribution in [0.2, 0.25) is 0 Å². The molecule has 0 aliphatic carbocycles. The molecule has 0 atom stereocenters. The van der Waals surface area contributed by atoms with Crippen LogP contribution >= 0.6 is 0 Å². The molecule has 0 N–H and O–H groups in total. The number of likely N-dealkylation sites (tertiary alicyclic amines) is 1. The molecule has 1 aliphatic heterocycles. The maximum Gasteiger partial charge on any atom is 0.142 e. The summed E-state index contributed by atoms with van der Waals surface area (Å²) in [6, 6.07) is 10.1. The SMILES string of the molecule is C#CC[N+]1(CC#Cc2ccccc2)CCCC1.